The fourth-order valence-corrected chi connectivity index (χ4v) is 4.16. The minimum atomic E-state index is -5.31. The lowest BCUT2D eigenvalue weighted by molar-refractivity contribution is -0.276. The Morgan fingerprint density at radius 3 is 1.57 bits per heavy atom. The van der Waals surface area contributed by atoms with Crippen LogP contribution in [0.1, 0.15) is 60.8 Å². The number of benzene rings is 3. The summed E-state index contributed by atoms with van der Waals surface area (Å²) in [6.07, 6.45) is -10.5. The summed E-state index contributed by atoms with van der Waals surface area (Å²) < 4.78 is 97.6. The molecule has 2 amide bonds. The molecule has 0 aliphatic heterocycles. The van der Waals surface area contributed by atoms with Gasteiger partial charge in [0, 0.05) is 29.9 Å². The number of anilines is 1. The molecule has 0 saturated heterocycles. The monoisotopic (exact) mass is 656 g/mol. The number of hydrogen-bond donors (Lipinski definition) is 2. The molecule has 0 unspecified atom stereocenters. The molecule has 0 heterocycles. The first kappa shape index (κ1) is 35.2. The summed E-state index contributed by atoms with van der Waals surface area (Å²) in [5.41, 5.74) is -2.66. The van der Waals surface area contributed by atoms with Crippen LogP contribution in [0.2, 0.25) is 0 Å². The van der Waals surface area contributed by atoms with E-state index in [0.717, 1.165) is 36.4 Å². The zero-order valence-electron chi connectivity index (χ0n) is 24.6. The number of esters is 2. The number of carbonyl (C=O) groups is 4. The Morgan fingerprint density at radius 2 is 1.11 bits per heavy atom. The van der Waals surface area contributed by atoms with Crippen LogP contribution >= 0.6 is 0 Å². The molecule has 0 fully saturated rings. The maximum absolute atomic E-state index is 13.4. The number of amides is 2. The zero-order chi connectivity index (χ0) is 34.4. The molecule has 0 saturated carbocycles. The van der Waals surface area contributed by atoms with Gasteiger partial charge < -0.3 is 29.6 Å². The maximum atomic E-state index is 13.4. The van der Waals surface area contributed by atoms with Crippen molar-refractivity contribution in [1.29, 1.82) is 0 Å². The van der Waals surface area contributed by atoms with Crippen molar-refractivity contribution in [2.75, 3.05) is 25.6 Å². The third kappa shape index (κ3) is 8.89. The predicted molar refractivity (Wildman–Crippen MR) is 150 cm³/mol. The van der Waals surface area contributed by atoms with Gasteiger partial charge in [-0.3, -0.25) is 9.59 Å². The Bertz CT molecular complexity index is 1650. The Hall–Kier alpha value is -5.28. The van der Waals surface area contributed by atoms with Crippen LogP contribution in [-0.2, 0) is 9.47 Å². The van der Waals surface area contributed by atoms with Crippen molar-refractivity contribution >= 4 is 29.4 Å². The Kier molecular flexibility index (Phi) is 10.9. The summed E-state index contributed by atoms with van der Waals surface area (Å²) >= 11 is 0. The summed E-state index contributed by atoms with van der Waals surface area (Å²) in [4.78, 5) is 51.4. The summed E-state index contributed by atoms with van der Waals surface area (Å²) in [5, 5.41) is 4.56. The van der Waals surface area contributed by atoms with Crippen LogP contribution in [0.4, 0.5) is 32.0 Å². The second-order valence-electron chi connectivity index (χ2n) is 9.22. The molecule has 16 heteroatoms. The van der Waals surface area contributed by atoms with Crippen molar-refractivity contribution in [3.63, 3.8) is 0 Å². The van der Waals surface area contributed by atoms with E-state index in [1.165, 1.54) is 33.9 Å². The van der Waals surface area contributed by atoms with Gasteiger partial charge in [-0.15, -0.1) is 26.3 Å². The normalized spacial score (nSPS) is 11.3. The van der Waals surface area contributed by atoms with E-state index < -0.39 is 75.8 Å². The average Bonchev–Trinajstić information content (AvgIpc) is 2.95. The van der Waals surface area contributed by atoms with Crippen LogP contribution in [0.3, 0.4) is 0 Å². The van der Waals surface area contributed by atoms with Crippen molar-refractivity contribution in [3.8, 4) is 22.6 Å². The lowest BCUT2D eigenvalue weighted by Gasteiger charge is -2.19. The second kappa shape index (κ2) is 14.2. The smallest absolute Gasteiger partial charge is 0.462 e. The van der Waals surface area contributed by atoms with E-state index in [1.54, 1.807) is 0 Å². The lowest BCUT2D eigenvalue weighted by atomic mass is 9.96. The van der Waals surface area contributed by atoms with Crippen LogP contribution < -0.4 is 20.1 Å². The third-order valence-electron chi connectivity index (χ3n) is 5.98. The summed E-state index contributed by atoms with van der Waals surface area (Å²) in [6.45, 7) is 4.13. The van der Waals surface area contributed by atoms with Gasteiger partial charge in [0.25, 0.3) is 11.8 Å². The van der Waals surface area contributed by atoms with E-state index in [1.807, 2.05) is 0 Å². The number of aryl methyl sites for hydroxylation is 1. The van der Waals surface area contributed by atoms with E-state index >= 15 is 0 Å². The van der Waals surface area contributed by atoms with E-state index in [-0.39, 0.29) is 24.5 Å². The van der Waals surface area contributed by atoms with E-state index in [4.69, 9.17) is 9.47 Å². The molecule has 46 heavy (non-hydrogen) atoms. The summed E-state index contributed by atoms with van der Waals surface area (Å²) in [6, 6.07) is 7.93. The average molecular weight is 657 g/mol. The standard InChI is InChI=1S/C30H26F6N2O8/c1-5-43-27(41)21-14-20(22(28(42)44-6-2)13-19(21)25(39)37-4)26(40)38-16-8-10-18(24(12-16)46-30(34,35)36)17-9-7-15(3)11-23(17)45-29(31,32)33/h7-14H,5-6H2,1-4H3,(H,37,39)(H,38,40). The van der Waals surface area contributed by atoms with Crippen molar-refractivity contribution < 1.29 is 64.5 Å². The first-order chi connectivity index (χ1) is 21.5. The molecule has 2 N–H and O–H groups in total. The molecule has 3 rings (SSSR count). The van der Waals surface area contributed by atoms with Crippen LogP contribution in [0.5, 0.6) is 11.5 Å². The van der Waals surface area contributed by atoms with Crippen LogP contribution in [0.25, 0.3) is 11.1 Å². The number of rotatable bonds is 10. The number of nitrogens with one attached hydrogen (secondary N) is 2. The van der Waals surface area contributed by atoms with Crippen LogP contribution in [0, 0.1) is 6.92 Å². The highest BCUT2D eigenvalue weighted by Gasteiger charge is 2.35. The molecular formula is C30H26F6N2O8. The molecule has 0 atom stereocenters. The summed E-state index contributed by atoms with van der Waals surface area (Å²) in [7, 11) is 1.25. The topological polar surface area (TPSA) is 129 Å². The minimum Gasteiger partial charge on any atom is -0.462 e. The lowest BCUT2D eigenvalue weighted by Crippen LogP contribution is -2.25. The van der Waals surface area contributed by atoms with Gasteiger partial charge in [0.1, 0.15) is 11.5 Å². The SMILES string of the molecule is CCOC(=O)c1cc(C(=O)Nc2ccc(-c3ccc(C)cc3OC(F)(F)F)c(OC(F)(F)F)c2)c(C(=O)OCC)cc1C(=O)NC. The molecule has 0 aliphatic rings. The highest BCUT2D eigenvalue weighted by Crippen LogP contribution is 2.42. The van der Waals surface area contributed by atoms with Gasteiger partial charge in [0.05, 0.1) is 35.5 Å². The number of alkyl halides is 6. The van der Waals surface area contributed by atoms with Crippen molar-refractivity contribution in [2.45, 2.75) is 33.5 Å². The van der Waals surface area contributed by atoms with Gasteiger partial charge in [0.2, 0.25) is 0 Å². The Labute approximate surface area is 257 Å². The van der Waals surface area contributed by atoms with Crippen molar-refractivity contribution in [3.05, 3.63) is 76.3 Å². The second-order valence-corrected chi connectivity index (χ2v) is 9.22. The molecule has 0 aromatic heterocycles. The molecule has 0 spiro atoms. The Balaban J connectivity index is 2.17. The van der Waals surface area contributed by atoms with Crippen molar-refractivity contribution in [2.24, 2.45) is 0 Å². The van der Waals surface area contributed by atoms with Crippen molar-refractivity contribution in [1.82, 2.24) is 5.32 Å². The number of halogens is 6. The maximum Gasteiger partial charge on any atom is 0.573 e. The predicted octanol–water partition coefficient (Wildman–Crippen LogP) is 6.42. The molecular weight excluding hydrogens is 630 g/mol. The molecule has 10 nitrogen and oxygen atoms in total. The Morgan fingerprint density at radius 1 is 0.652 bits per heavy atom. The molecule has 0 bridgehead atoms. The molecule has 246 valence electrons. The third-order valence-corrected chi connectivity index (χ3v) is 5.98. The van der Waals surface area contributed by atoms with E-state index in [0.29, 0.717) is 11.6 Å². The number of carbonyl (C=O) groups excluding carboxylic acids is 4. The highest BCUT2D eigenvalue weighted by atomic mass is 19.4. The highest BCUT2D eigenvalue weighted by molar-refractivity contribution is 6.15. The van der Waals surface area contributed by atoms with Crippen LogP contribution in [-0.4, -0.2) is 56.7 Å². The van der Waals surface area contributed by atoms with Gasteiger partial charge in [0.15, 0.2) is 0 Å². The first-order valence-electron chi connectivity index (χ1n) is 13.3. The van der Waals surface area contributed by atoms with E-state index in [2.05, 4.69) is 20.1 Å². The van der Waals surface area contributed by atoms with Gasteiger partial charge in [-0.05, 0) is 56.7 Å². The number of hydrogen-bond acceptors (Lipinski definition) is 8. The number of ether oxygens (including phenoxy) is 4. The first-order valence-corrected chi connectivity index (χ1v) is 13.3. The fourth-order valence-electron chi connectivity index (χ4n) is 4.16. The van der Waals surface area contributed by atoms with Gasteiger partial charge in [-0.2, -0.15) is 0 Å². The summed E-state index contributed by atoms with van der Waals surface area (Å²) in [5.74, 6) is -5.85. The zero-order valence-corrected chi connectivity index (χ0v) is 24.6. The quantitative estimate of drug-likeness (QED) is 0.189. The molecule has 0 radical (unpaired) electrons. The van der Waals surface area contributed by atoms with Crippen LogP contribution in [0.15, 0.2) is 48.5 Å². The fraction of sp³-hybridized carbons (Fsp3) is 0.267. The van der Waals surface area contributed by atoms with Gasteiger partial charge in [-0.25, -0.2) is 9.59 Å². The van der Waals surface area contributed by atoms with Gasteiger partial charge >= 0.3 is 24.7 Å². The minimum absolute atomic E-state index is 0.113. The molecule has 3 aromatic rings. The molecule has 0 aliphatic carbocycles. The largest absolute Gasteiger partial charge is 0.573 e. The molecule has 3 aromatic carbocycles. The van der Waals surface area contributed by atoms with E-state index in [9.17, 15) is 45.5 Å². The van der Waals surface area contributed by atoms with Gasteiger partial charge in [-0.1, -0.05) is 12.1 Å².